The second-order valence-electron chi connectivity index (χ2n) is 2.43. The first-order chi connectivity index (χ1) is 5.22. The Labute approximate surface area is 64.9 Å². The Balaban J connectivity index is 2.49. The Morgan fingerprint density at radius 1 is 1.45 bits per heavy atom. The number of carbonyl (C=O) groups is 2. The van der Waals surface area contributed by atoms with E-state index < -0.39 is 0 Å². The molecule has 4 heteroatoms. The van der Waals surface area contributed by atoms with Crippen LogP contribution in [0.1, 0.15) is 0 Å². The van der Waals surface area contributed by atoms with E-state index in [0.29, 0.717) is 6.54 Å². The van der Waals surface area contributed by atoms with Gasteiger partial charge in [-0.2, -0.15) is 0 Å². The fourth-order valence-corrected chi connectivity index (χ4v) is 1.01. The van der Waals surface area contributed by atoms with Crippen molar-refractivity contribution in [3.63, 3.8) is 0 Å². The number of piperazine rings is 1. The van der Waals surface area contributed by atoms with E-state index in [-0.39, 0.29) is 24.9 Å². The van der Waals surface area contributed by atoms with Gasteiger partial charge < -0.3 is 0 Å². The molecule has 1 rings (SSSR count). The summed E-state index contributed by atoms with van der Waals surface area (Å²) in [5, 5.41) is 2.21. The quantitative estimate of drug-likeness (QED) is 0.415. The third-order valence-corrected chi connectivity index (χ3v) is 1.40. The van der Waals surface area contributed by atoms with Crippen molar-refractivity contribution in [1.29, 1.82) is 0 Å². The van der Waals surface area contributed by atoms with Crippen LogP contribution in [0.3, 0.4) is 0 Å². The number of amides is 2. The molecule has 0 aromatic carbocycles. The average molecular weight is 154 g/mol. The molecule has 0 unspecified atom stereocenters. The molecule has 1 saturated heterocycles. The van der Waals surface area contributed by atoms with Gasteiger partial charge in [0.25, 0.3) is 0 Å². The maximum Gasteiger partial charge on any atom is 0.240 e. The summed E-state index contributed by atoms with van der Waals surface area (Å²) < 4.78 is 0. The van der Waals surface area contributed by atoms with Gasteiger partial charge in [-0.1, -0.05) is 6.08 Å². The Kier molecular flexibility index (Phi) is 2.38. The number of hydrogen-bond donors (Lipinski definition) is 1. The normalized spacial score (nSPS) is 19.6. The Hall–Kier alpha value is -1.16. The molecule has 0 radical (unpaired) electrons. The van der Waals surface area contributed by atoms with Crippen molar-refractivity contribution in [2.75, 3.05) is 19.6 Å². The molecular weight excluding hydrogens is 144 g/mol. The van der Waals surface area contributed by atoms with Gasteiger partial charge in [0.05, 0.1) is 13.1 Å². The summed E-state index contributed by atoms with van der Waals surface area (Å²) in [5.41, 5.74) is 0. The number of carbonyl (C=O) groups excluding carboxylic acids is 2. The lowest BCUT2D eigenvalue weighted by Gasteiger charge is -2.23. The lowest BCUT2D eigenvalue weighted by atomic mass is 10.3. The lowest BCUT2D eigenvalue weighted by molar-refractivity contribution is -0.135. The Bertz CT molecular complexity index is 185. The molecule has 1 aliphatic rings. The fraction of sp³-hybridized carbons (Fsp3) is 0.429. The Morgan fingerprint density at radius 2 is 2.00 bits per heavy atom. The van der Waals surface area contributed by atoms with Gasteiger partial charge in [0.15, 0.2) is 0 Å². The van der Waals surface area contributed by atoms with Gasteiger partial charge in [-0.15, -0.1) is 6.58 Å². The van der Waals surface area contributed by atoms with Crippen LogP contribution in [0.2, 0.25) is 0 Å². The van der Waals surface area contributed by atoms with Gasteiger partial charge in [-0.25, -0.2) is 0 Å². The van der Waals surface area contributed by atoms with Crippen LogP contribution in [0.15, 0.2) is 12.7 Å². The zero-order chi connectivity index (χ0) is 8.27. The maximum atomic E-state index is 10.8. The van der Waals surface area contributed by atoms with E-state index in [1.165, 1.54) is 0 Å². The van der Waals surface area contributed by atoms with Gasteiger partial charge in [-0.05, 0) is 0 Å². The van der Waals surface area contributed by atoms with Crippen molar-refractivity contribution in [3.8, 4) is 0 Å². The summed E-state index contributed by atoms with van der Waals surface area (Å²) in [5.74, 6) is -0.466. The monoisotopic (exact) mass is 154 g/mol. The molecule has 1 heterocycles. The van der Waals surface area contributed by atoms with E-state index >= 15 is 0 Å². The highest BCUT2D eigenvalue weighted by Crippen LogP contribution is 1.93. The molecule has 11 heavy (non-hydrogen) atoms. The molecular formula is C7H10N2O2. The van der Waals surface area contributed by atoms with Crippen molar-refractivity contribution >= 4 is 11.8 Å². The Morgan fingerprint density at radius 3 is 2.45 bits per heavy atom. The first-order valence-electron chi connectivity index (χ1n) is 3.38. The SMILES string of the molecule is C=CCN1CC(=O)NC(=O)C1. The third-order valence-electron chi connectivity index (χ3n) is 1.40. The van der Waals surface area contributed by atoms with E-state index in [0.717, 1.165) is 0 Å². The fourth-order valence-electron chi connectivity index (χ4n) is 1.01. The molecule has 0 spiro atoms. The van der Waals surface area contributed by atoms with Crippen LogP contribution in [0.4, 0.5) is 0 Å². The molecule has 0 aliphatic carbocycles. The van der Waals surface area contributed by atoms with E-state index in [2.05, 4.69) is 11.9 Å². The highest BCUT2D eigenvalue weighted by molar-refractivity contribution is 5.99. The van der Waals surface area contributed by atoms with Crippen molar-refractivity contribution in [1.82, 2.24) is 10.2 Å². The first-order valence-corrected chi connectivity index (χ1v) is 3.38. The van der Waals surface area contributed by atoms with Gasteiger partial charge in [-0.3, -0.25) is 19.8 Å². The predicted octanol–water partition coefficient (Wildman–Crippen LogP) is -0.869. The highest BCUT2D eigenvalue weighted by atomic mass is 16.2. The smallest absolute Gasteiger partial charge is 0.240 e. The van der Waals surface area contributed by atoms with Crippen molar-refractivity contribution in [2.45, 2.75) is 0 Å². The molecule has 0 bridgehead atoms. The molecule has 1 N–H and O–H groups in total. The molecule has 60 valence electrons. The molecule has 1 aliphatic heterocycles. The predicted molar refractivity (Wildman–Crippen MR) is 39.8 cm³/mol. The highest BCUT2D eigenvalue weighted by Gasteiger charge is 2.20. The minimum absolute atomic E-state index is 0.233. The minimum atomic E-state index is -0.233. The zero-order valence-corrected chi connectivity index (χ0v) is 6.17. The van der Waals surface area contributed by atoms with Gasteiger partial charge in [0.1, 0.15) is 0 Å². The van der Waals surface area contributed by atoms with Gasteiger partial charge >= 0.3 is 0 Å². The second-order valence-corrected chi connectivity index (χ2v) is 2.43. The maximum absolute atomic E-state index is 10.8. The summed E-state index contributed by atoms with van der Waals surface area (Å²) in [4.78, 5) is 23.2. The summed E-state index contributed by atoms with van der Waals surface area (Å²) in [6.45, 7) is 4.68. The molecule has 0 atom stereocenters. The summed E-state index contributed by atoms with van der Waals surface area (Å²) in [6, 6.07) is 0. The molecule has 2 amide bonds. The topological polar surface area (TPSA) is 49.4 Å². The van der Waals surface area contributed by atoms with Crippen LogP contribution >= 0.6 is 0 Å². The van der Waals surface area contributed by atoms with Crippen molar-refractivity contribution in [2.24, 2.45) is 0 Å². The van der Waals surface area contributed by atoms with Crippen LogP contribution in [-0.2, 0) is 9.59 Å². The average Bonchev–Trinajstić information content (AvgIpc) is 1.85. The number of nitrogens with one attached hydrogen (secondary N) is 1. The van der Waals surface area contributed by atoms with Gasteiger partial charge in [0.2, 0.25) is 11.8 Å². The van der Waals surface area contributed by atoms with Crippen LogP contribution in [0.25, 0.3) is 0 Å². The second kappa shape index (κ2) is 3.30. The van der Waals surface area contributed by atoms with Crippen LogP contribution in [0, 0.1) is 0 Å². The minimum Gasteiger partial charge on any atom is -0.294 e. The van der Waals surface area contributed by atoms with E-state index in [1.54, 1.807) is 11.0 Å². The third kappa shape index (κ3) is 2.16. The van der Waals surface area contributed by atoms with Crippen LogP contribution in [0.5, 0.6) is 0 Å². The molecule has 0 aromatic heterocycles. The number of nitrogens with zero attached hydrogens (tertiary/aromatic N) is 1. The van der Waals surface area contributed by atoms with E-state index in [9.17, 15) is 9.59 Å². The molecule has 0 aromatic rings. The number of hydrogen-bond acceptors (Lipinski definition) is 3. The summed E-state index contributed by atoms with van der Waals surface area (Å²) >= 11 is 0. The summed E-state index contributed by atoms with van der Waals surface area (Å²) in [6.07, 6.45) is 1.67. The standard InChI is InChI=1S/C7H10N2O2/c1-2-3-9-4-6(10)8-7(11)5-9/h2H,1,3-5H2,(H,8,10,11). The van der Waals surface area contributed by atoms with Crippen molar-refractivity contribution < 1.29 is 9.59 Å². The van der Waals surface area contributed by atoms with E-state index in [4.69, 9.17) is 0 Å². The number of rotatable bonds is 2. The van der Waals surface area contributed by atoms with Crippen molar-refractivity contribution in [3.05, 3.63) is 12.7 Å². The van der Waals surface area contributed by atoms with Crippen LogP contribution < -0.4 is 5.32 Å². The lowest BCUT2D eigenvalue weighted by Crippen LogP contribution is -2.51. The largest absolute Gasteiger partial charge is 0.294 e. The summed E-state index contributed by atoms with van der Waals surface area (Å²) in [7, 11) is 0. The molecule has 0 saturated carbocycles. The van der Waals surface area contributed by atoms with Gasteiger partial charge in [0, 0.05) is 6.54 Å². The molecule has 4 nitrogen and oxygen atoms in total. The zero-order valence-electron chi connectivity index (χ0n) is 6.17. The first kappa shape index (κ1) is 7.94. The van der Waals surface area contributed by atoms with Crippen LogP contribution in [-0.4, -0.2) is 36.3 Å². The molecule has 1 fully saturated rings. The number of imide groups is 1. The van der Waals surface area contributed by atoms with E-state index in [1.807, 2.05) is 0 Å².